The van der Waals surface area contributed by atoms with Gasteiger partial charge in [0.25, 0.3) is 5.91 Å². The zero-order valence-electron chi connectivity index (χ0n) is 15.4. The number of amides is 1. The molecule has 0 spiro atoms. The maximum Gasteiger partial charge on any atom is 0.343 e. The van der Waals surface area contributed by atoms with Crippen molar-refractivity contribution in [3.63, 3.8) is 0 Å². The number of rotatable bonds is 6. The molecule has 1 fully saturated rings. The third-order valence-corrected chi connectivity index (χ3v) is 5.80. The second-order valence-corrected chi connectivity index (χ2v) is 8.48. The van der Waals surface area contributed by atoms with Gasteiger partial charge in [-0.3, -0.25) is 9.69 Å². The van der Waals surface area contributed by atoms with E-state index in [0.717, 1.165) is 10.0 Å². The number of ether oxygens (including phenoxy) is 2. The first-order chi connectivity index (χ1) is 13.9. The number of carbonyl (C=O) groups excluding carboxylic acids is 2. The Kier molecular flexibility index (Phi) is 6.89. The molecule has 0 atom stereocenters. The number of methoxy groups -OCH3 is 1. The third kappa shape index (κ3) is 4.95. The molecule has 0 bridgehead atoms. The second-order valence-electron chi connectivity index (χ2n) is 5.89. The maximum atomic E-state index is 12.5. The number of halogens is 1. The number of thiocarbonyl (C=S) groups is 1. The van der Waals surface area contributed by atoms with Crippen LogP contribution in [0.25, 0.3) is 6.08 Å². The van der Waals surface area contributed by atoms with E-state index < -0.39 is 5.97 Å². The van der Waals surface area contributed by atoms with Gasteiger partial charge < -0.3 is 9.47 Å². The molecule has 2 aromatic rings. The van der Waals surface area contributed by atoms with E-state index in [2.05, 4.69) is 22.5 Å². The Morgan fingerprint density at radius 2 is 2.07 bits per heavy atom. The maximum absolute atomic E-state index is 12.5. The van der Waals surface area contributed by atoms with Crippen molar-refractivity contribution in [1.82, 2.24) is 4.90 Å². The molecule has 1 saturated heterocycles. The van der Waals surface area contributed by atoms with Crippen molar-refractivity contribution in [2.24, 2.45) is 0 Å². The van der Waals surface area contributed by atoms with Crippen molar-refractivity contribution < 1.29 is 19.1 Å². The summed E-state index contributed by atoms with van der Waals surface area (Å²) in [4.78, 5) is 26.8. The number of benzene rings is 2. The summed E-state index contributed by atoms with van der Waals surface area (Å²) in [5.41, 5.74) is 1.14. The van der Waals surface area contributed by atoms with Gasteiger partial charge in [-0.1, -0.05) is 58.1 Å². The molecule has 1 aliphatic heterocycles. The third-order valence-electron chi connectivity index (χ3n) is 3.93. The molecule has 8 heteroatoms. The molecule has 1 heterocycles. The monoisotopic (exact) mass is 489 g/mol. The molecular weight excluding hydrogens is 474 g/mol. The lowest BCUT2D eigenvalue weighted by Gasteiger charge is -2.11. The van der Waals surface area contributed by atoms with Crippen LogP contribution in [0.2, 0.25) is 0 Å². The normalized spacial score (nSPS) is 15.0. The number of carbonyl (C=O) groups is 2. The summed E-state index contributed by atoms with van der Waals surface area (Å²) in [7, 11) is 1.49. The highest BCUT2D eigenvalue weighted by atomic mass is 79.9. The Morgan fingerprint density at radius 1 is 1.28 bits per heavy atom. The van der Waals surface area contributed by atoms with E-state index in [4.69, 9.17) is 21.7 Å². The van der Waals surface area contributed by atoms with E-state index in [0.29, 0.717) is 27.1 Å². The average molecular weight is 490 g/mol. The molecule has 1 amide bonds. The Hall–Kier alpha value is -2.42. The first-order valence-electron chi connectivity index (χ1n) is 8.45. The van der Waals surface area contributed by atoms with Crippen LogP contribution in [0.4, 0.5) is 0 Å². The van der Waals surface area contributed by atoms with Crippen molar-refractivity contribution in [3.05, 3.63) is 75.6 Å². The highest BCUT2D eigenvalue weighted by molar-refractivity contribution is 9.10. The van der Waals surface area contributed by atoms with Crippen LogP contribution in [-0.4, -0.2) is 34.8 Å². The van der Waals surface area contributed by atoms with Crippen LogP contribution in [-0.2, 0) is 4.79 Å². The standard InChI is InChI=1S/C21H16BrNO4S2/c1-3-9-23-19(24)18(29-21(23)28)11-13-7-8-16(17(10-13)26-2)27-20(25)14-5-4-6-15(22)12-14/h3-8,10-12H,1,9H2,2H3/b18-11-. The Bertz CT molecular complexity index is 1040. The molecular formula is C21H16BrNO4S2. The van der Waals surface area contributed by atoms with Crippen LogP contribution in [0.5, 0.6) is 11.5 Å². The lowest BCUT2D eigenvalue weighted by atomic mass is 10.1. The van der Waals surface area contributed by atoms with Crippen LogP contribution in [0.15, 0.2) is 64.5 Å². The van der Waals surface area contributed by atoms with E-state index in [1.807, 2.05) is 6.07 Å². The summed E-state index contributed by atoms with van der Waals surface area (Å²) >= 11 is 9.81. The Labute approximate surface area is 186 Å². The van der Waals surface area contributed by atoms with E-state index in [-0.39, 0.29) is 11.7 Å². The van der Waals surface area contributed by atoms with Crippen molar-refractivity contribution in [1.29, 1.82) is 0 Å². The number of hydrogen-bond donors (Lipinski definition) is 0. The molecule has 0 aromatic heterocycles. The van der Waals surface area contributed by atoms with Crippen LogP contribution in [0, 0.1) is 0 Å². The van der Waals surface area contributed by atoms with Gasteiger partial charge in [-0.2, -0.15) is 0 Å². The average Bonchev–Trinajstić information content (AvgIpc) is 2.96. The second kappa shape index (κ2) is 9.39. The largest absolute Gasteiger partial charge is 0.493 e. The van der Waals surface area contributed by atoms with Gasteiger partial charge in [0, 0.05) is 11.0 Å². The number of hydrogen-bond acceptors (Lipinski definition) is 6. The highest BCUT2D eigenvalue weighted by Gasteiger charge is 2.31. The van der Waals surface area contributed by atoms with E-state index in [1.54, 1.807) is 48.6 Å². The topological polar surface area (TPSA) is 55.8 Å². The predicted octanol–water partition coefficient (Wildman–Crippen LogP) is 5.06. The zero-order chi connectivity index (χ0) is 21.0. The van der Waals surface area contributed by atoms with Gasteiger partial charge in [-0.05, 0) is 42.0 Å². The van der Waals surface area contributed by atoms with Gasteiger partial charge in [0.2, 0.25) is 0 Å². The van der Waals surface area contributed by atoms with Crippen molar-refractivity contribution in [2.45, 2.75) is 0 Å². The molecule has 0 N–H and O–H groups in total. The minimum atomic E-state index is -0.498. The Morgan fingerprint density at radius 3 is 2.76 bits per heavy atom. The van der Waals surface area contributed by atoms with Gasteiger partial charge in [0.1, 0.15) is 4.32 Å². The van der Waals surface area contributed by atoms with Crippen molar-refractivity contribution >= 4 is 62.2 Å². The lowest BCUT2D eigenvalue weighted by molar-refractivity contribution is -0.121. The molecule has 3 rings (SSSR count). The zero-order valence-corrected chi connectivity index (χ0v) is 18.6. The molecule has 0 saturated carbocycles. The van der Waals surface area contributed by atoms with Crippen LogP contribution in [0.1, 0.15) is 15.9 Å². The molecule has 1 aliphatic rings. The minimum absolute atomic E-state index is 0.163. The van der Waals surface area contributed by atoms with Crippen molar-refractivity contribution in [2.75, 3.05) is 13.7 Å². The fraction of sp³-hybridized carbons (Fsp3) is 0.0952. The van der Waals surface area contributed by atoms with Gasteiger partial charge >= 0.3 is 5.97 Å². The molecule has 0 aliphatic carbocycles. The van der Waals surface area contributed by atoms with Crippen LogP contribution in [0.3, 0.4) is 0 Å². The predicted molar refractivity (Wildman–Crippen MR) is 122 cm³/mol. The molecule has 5 nitrogen and oxygen atoms in total. The summed E-state index contributed by atoms with van der Waals surface area (Å²) in [5.74, 6) is 0.00386. The molecule has 148 valence electrons. The highest BCUT2D eigenvalue weighted by Crippen LogP contribution is 2.35. The van der Waals surface area contributed by atoms with Crippen LogP contribution < -0.4 is 9.47 Å². The summed E-state index contributed by atoms with van der Waals surface area (Å²) in [6.07, 6.45) is 3.36. The van der Waals surface area contributed by atoms with Crippen molar-refractivity contribution in [3.8, 4) is 11.5 Å². The fourth-order valence-corrected chi connectivity index (χ4v) is 4.24. The van der Waals surface area contributed by atoms with Gasteiger partial charge in [-0.15, -0.1) is 6.58 Å². The lowest BCUT2D eigenvalue weighted by Crippen LogP contribution is -2.27. The van der Waals surface area contributed by atoms with E-state index in [1.165, 1.54) is 23.8 Å². The summed E-state index contributed by atoms with van der Waals surface area (Å²) in [6, 6.07) is 12.0. The quantitative estimate of drug-likeness (QED) is 0.186. The number of nitrogens with zero attached hydrogens (tertiary/aromatic N) is 1. The molecule has 0 radical (unpaired) electrons. The molecule has 0 unspecified atom stereocenters. The Balaban J connectivity index is 1.82. The van der Waals surface area contributed by atoms with Gasteiger partial charge in [-0.25, -0.2) is 4.79 Å². The number of thioether (sulfide) groups is 1. The first-order valence-corrected chi connectivity index (χ1v) is 10.5. The minimum Gasteiger partial charge on any atom is -0.493 e. The molecule has 29 heavy (non-hydrogen) atoms. The summed E-state index contributed by atoms with van der Waals surface area (Å²) < 4.78 is 12.1. The summed E-state index contributed by atoms with van der Waals surface area (Å²) in [5, 5.41) is 0. The fourth-order valence-electron chi connectivity index (χ4n) is 2.57. The molecule has 2 aromatic carbocycles. The summed E-state index contributed by atoms with van der Waals surface area (Å²) in [6.45, 7) is 4.01. The van der Waals surface area contributed by atoms with Gasteiger partial charge in [0.05, 0.1) is 17.6 Å². The number of esters is 1. The van der Waals surface area contributed by atoms with E-state index in [9.17, 15) is 9.59 Å². The van der Waals surface area contributed by atoms with Gasteiger partial charge in [0.15, 0.2) is 11.5 Å². The van der Waals surface area contributed by atoms with Crippen LogP contribution >= 0.6 is 39.9 Å². The van der Waals surface area contributed by atoms with E-state index >= 15 is 0 Å². The first kappa shape index (κ1) is 21.3. The SMILES string of the molecule is C=CCN1C(=O)/C(=C/c2ccc(OC(=O)c3cccc(Br)c3)c(OC)c2)SC1=S. The smallest absolute Gasteiger partial charge is 0.343 e.